The van der Waals surface area contributed by atoms with Crippen LogP contribution in [0.15, 0.2) is 18.2 Å². The number of benzene rings is 1. The van der Waals surface area contributed by atoms with E-state index in [-0.39, 0.29) is 0 Å². The van der Waals surface area contributed by atoms with Gasteiger partial charge < -0.3 is 20.3 Å². The van der Waals surface area contributed by atoms with Crippen LogP contribution in [-0.2, 0) is 4.79 Å². The third-order valence-corrected chi connectivity index (χ3v) is 2.00. The zero-order valence-corrected chi connectivity index (χ0v) is 8.56. The highest BCUT2D eigenvalue weighted by molar-refractivity contribution is 5.81. The van der Waals surface area contributed by atoms with Gasteiger partial charge in [-0.1, -0.05) is 0 Å². The Labute approximate surface area is 87.4 Å². The minimum atomic E-state index is -1.37. The van der Waals surface area contributed by atoms with Gasteiger partial charge in [-0.05, 0) is 12.1 Å². The molecule has 1 unspecified atom stereocenters. The van der Waals surface area contributed by atoms with Crippen LogP contribution in [0.3, 0.4) is 0 Å². The van der Waals surface area contributed by atoms with Gasteiger partial charge in [-0.3, -0.25) is 4.79 Å². The molecule has 1 aromatic rings. The summed E-state index contributed by atoms with van der Waals surface area (Å²) in [5.41, 5.74) is 5.31. The van der Waals surface area contributed by atoms with Gasteiger partial charge >= 0.3 is 0 Å². The smallest absolute Gasteiger partial charge is 0.251 e. The number of aliphatic hydroxyl groups is 1. The van der Waals surface area contributed by atoms with Crippen LogP contribution in [0.5, 0.6) is 11.5 Å². The maximum Gasteiger partial charge on any atom is 0.251 e. The Kier molecular flexibility index (Phi) is 3.51. The van der Waals surface area contributed by atoms with Gasteiger partial charge in [0.2, 0.25) is 0 Å². The summed E-state index contributed by atoms with van der Waals surface area (Å²) in [5.74, 6) is 0.117. The van der Waals surface area contributed by atoms with Crippen molar-refractivity contribution < 1.29 is 19.4 Å². The molecule has 0 aliphatic heterocycles. The lowest BCUT2D eigenvalue weighted by Gasteiger charge is -2.12. The summed E-state index contributed by atoms with van der Waals surface area (Å²) in [6.45, 7) is 0. The topological polar surface area (TPSA) is 81.8 Å². The molecule has 0 bridgehead atoms. The van der Waals surface area contributed by atoms with E-state index in [1.807, 2.05) is 0 Å². The fraction of sp³-hybridized carbons (Fsp3) is 0.300. The third-order valence-electron chi connectivity index (χ3n) is 2.00. The molecule has 0 fully saturated rings. The van der Waals surface area contributed by atoms with Crippen molar-refractivity contribution in [2.24, 2.45) is 5.73 Å². The van der Waals surface area contributed by atoms with Crippen molar-refractivity contribution in [3.05, 3.63) is 23.8 Å². The van der Waals surface area contributed by atoms with Crippen molar-refractivity contribution >= 4 is 5.91 Å². The molecule has 0 heterocycles. The number of hydrogen-bond donors (Lipinski definition) is 2. The van der Waals surface area contributed by atoms with Crippen LogP contribution < -0.4 is 15.2 Å². The number of aliphatic hydroxyl groups excluding tert-OH is 1. The van der Waals surface area contributed by atoms with Crippen molar-refractivity contribution in [2.75, 3.05) is 14.2 Å². The molecule has 15 heavy (non-hydrogen) atoms. The molecule has 0 saturated carbocycles. The second-order valence-electron chi connectivity index (χ2n) is 2.91. The van der Waals surface area contributed by atoms with Gasteiger partial charge in [0.25, 0.3) is 5.91 Å². The zero-order chi connectivity index (χ0) is 11.4. The van der Waals surface area contributed by atoms with Crippen LogP contribution in [0, 0.1) is 0 Å². The molecular formula is C10H13NO4. The Balaban J connectivity index is 3.12. The van der Waals surface area contributed by atoms with Gasteiger partial charge in [0.1, 0.15) is 11.5 Å². The molecule has 0 saturated heterocycles. The number of hydrogen-bond acceptors (Lipinski definition) is 4. The summed E-state index contributed by atoms with van der Waals surface area (Å²) < 4.78 is 9.99. The average Bonchev–Trinajstić information content (AvgIpc) is 2.27. The van der Waals surface area contributed by atoms with Crippen LogP contribution >= 0.6 is 0 Å². The normalized spacial score (nSPS) is 11.9. The van der Waals surface area contributed by atoms with Crippen molar-refractivity contribution in [3.8, 4) is 11.5 Å². The Morgan fingerprint density at radius 3 is 2.53 bits per heavy atom. The van der Waals surface area contributed by atoms with Crippen molar-refractivity contribution in [3.63, 3.8) is 0 Å². The Morgan fingerprint density at radius 1 is 1.40 bits per heavy atom. The van der Waals surface area contributed by atoms with Crippen molar-refractivity contribution in [2.45, 2.75) is 6.10 Å². The van der Waals surface area contributed by atoms with Gasteiger partial charge in [0.15, 0.2) is 6.10 Å². The van der Waals surface area contributed by atoms with E-state index in [2.05, 4.69) is 0 Å². The standard InChI is InChI=1S/C10H13NO4/c1-14-6-3-4-7(8(5-6)15-2)9(12)10(11)13/h3-5,9,12H,1-2H3,(H2,11,13). The molecule has 0 aromatic heterocycles. The molecule has 1 rings (SSSR count). The van der Waals surface area contributed by atoms with Crippen molar-refractivity contribution in [1.82, 2.24) is 0 Å². The van der Waals surface area contributed by atoms with E-state index in [1.54, 1.807) is 12.1 Å². The summed E-state index contributed by atoms with van der Waals surface area (Å²) in [6, 6.07) is 4.72. The Bertz CT molecular complexity index is 364. The highest BCUT2D eigenvalue weighted by Gasteiger charge is 2.18. The molecule has 82 valence electrons. The van der Waals surface area contributed by atoms with Crippen LogP contribution in [0.4, 0.5) is 0 Å². The van der Waals surface area contributed by atoms with E-state index >= 15 is 0 Å². The number of carbonyl (C=O) groups excluding carboxylic acids is 1. The molecule has 0 aliphatic rings. The lowest BCUT2D eigenvalue weighted by atomic mass is 10.1. The summed E-state index contributed by atoms with van der Waals surface area (Å²) in [6.07, 6.45) is -1.37. The summed E-state index contributed by atoms with van der Waals surface area (Å²) in [4.78, 5) is 10.8. The van der Waals surface area contributed by atoms with E-state index in [9.17, 15) is 9.90 Å². The van der Waals surface area contributed by atoms with Gasteiger partial charge in [-0.15, -0.1) is 0 Å². The number of rotatable bonds is 4. The van der Waals surface area contributed by atoms with Gasteiger partial charge in [-0.25, -0.2) is 0 Å². The quantitative estimate of drug-likeness (QED) is 0.746. The maximum absolute atomic E-state index is 10.8. The first kappa shape index (κ1) is 11.3. The second kappa shape index (κ2) is 4.65. The lowest BCUT2D eigenvalue weighted by molar-refractivity contribution is -0.126. The maximum atomic E-state index is 10.8. The van der Waals surface area contributed by atoms with Crippen LogP contribution in [-0.4, -0.2) is 25.2 Å². The predicted molar refractivity (Wildman–Crippen MR) is 53.7 cm³/mol. The van der Waals surface area contributed by atoms with E-state index in [1.165, 1.54) is 20.3 Å². The summed E-state index contributed by atoms with van der Waals surface area (Å²) in [5, 5.41) is 9.48. The summed E-state index contributed by atoms with van der Waals surface area (Å²) in [7, 11) is 2.95. The molecule has 1 atom stereocenters. The monoisotopic (exact) mass is 211 g/mol. The van der Waals surface area contributed by atoms with E-state index < -0.39 is 12.0 Å². The highest BCUT2D eigenvalue weighted by atomic mass is 16.5. The number of carbonyl (C=O) groups is 1. The average molecular weight is 211 g/mol. The Hall–Kier alpha value is -1.75. The number of ether oxygens (including phenoxy) is 2. The first-order valence-electron chi connectivity index (χ1n) is 4.29. The van der Waals surface area contributed by atoms with Gasteiger partial charge in [-0.2, -0.15) is 0 Å². The first-order chi connectivity index (χ1) is 7.10. The number of primary amides is 1. The molecule has 5 nitrogen and oxygen atoms in total. The second-order valence-corrected chi connectivity index (χ2v) is 2.91. The van der Waals surface area contributed by atoms with Crippen LogP contribution in [0.25, 0.3) is 0 Å². The van der Waals surface area contributed by atoms with Crippen LogP contribution in [0.1, 0.15) is 11.7 Å². The molecular weight excluding hydrogens is 198 g/mol. The number of amides is 1. The summed E-state index contributed by atoms with van der Waals surface area (Å²) >= 11 is 0. The Morgan fingerprint density at radius 2 is 2.07 bits per heavy atom. The molecule has 1 aromatic carbocycles. The van der Waals surface area contributed by atoms with E-state index in [4.69, 9.17) is 15.2 Å². The van der Waals surface area contributed by atoms with E-state index in [0.29, 0.717) is 17.1 Å². The predicted octanol–water partition coefficient (Wildman–Crippen LogP) is 0.223. The fourth-order valence-corrected chi connectivity index (χ4v) is 1.20. The number of methoxy groups -OCH3 is 2. The van der Waals surface area contributed by atoms with Crippen LogP contribution in [0.2, 0.25) is 0 Å². The molecule has 5 heteroatoms. The number of nitrogens with two attached hydrogens (primary N) is 1. The van der Waals surface area contributed by atoms with Gasteiger partial charge in [0, 0.05) is 11.6 Å². The fourth-order valence-electron chi connectivity index (χ4n) is 1.20. The SMILES string of the molecule is COc1ccc(C(O)C(N)=O)c(OC)c1. The minimum Gasteiger partial charge on any atom is -0.497 e. The van der Waals surface area contributed by atoms with Gasteiger partial charge in [0.05, 0.1) is 14.2 Å². The molecule has 0 aliphatic carbocycles. The lowest BCUT2D eigenvalue weighted by Crippen LogP contribution is -2.21. The minimum absolute atomic E-state index is 0.325. The van der Waals surface area contributed by atoms with Crippen molar-refractivity contribution in [1.29, 1.82) is 0 Å². The largest absolute Gasteiger partial charge is 0.497 e. The first-order valence-corrected chi connectivity index (χ1v) is 4.29. The molecule has 0 spiro atoms. The molecule has 3 N–H and O–H groups in total. The molecule has 0 radical (unpaired) electrons. The molecule has 1 amide bonds. The van der Waals surface area contributed by atoms with E-state index in [0.717, 1.165) is 0 Å². The third kappa shape index (κ3) is 2.38. The zero-order valence-electron chi connectivity index (χ0n) is 8.56. The highest BCUT2D eigenvalue weighted by Crippen LogP contribution is 2.29.